The van der Waals surface area contributed by atoms with Crippen LogP contribution in [0.5, 0.6) is 0 Å². The number of carbonyl (C=O) groups excluding carboxylic acids is 1. The third kappa shape index (κ3) is 1.86. The fourth-order valence-corrected chi connectivity index (χ4v) is 2.01. The van der Waals surface area contributed by atoms with E-state index >= 15 is 0 Å². The molecule has 0 radical (unpaired) electrons. The minimum atomic E-state index is -1.32. The zero-order valence-electron chi connectivity index (χ0n) is 9.35. The molecule has 9 nitrogen and oxygen atoms in total. The standard InChI is InChI=1S/C9H15N3O6/c10-7(16)4-8(17)12(2-11-4)9-6(15)5(14)3(1-13)18-9/h3,5-6,9,11,13-15,17H,1-2H2,(H2,10,16)/t3-,5-,6-,9-/m1/s1. The molecule has 4 atom stereocenters. The van der Waals surface area contributed by atoms with E-state index in [1.54, 1.807) is 0 Å². The van der Waals surface area contributed by atoms with Crippen LogP contribution in [0.15, 0.2) is 11.6 Å². The first-order chi connectivity index (χ1) is 8.47. The molecular weight excluding hydrogens is 246 g/mol. The van der Waals surface area contributed by atoms with Gasteiger partial charge in [0.2, 0.25) is 5.88 Å². The minimum absolute atomic E-state index is 0.00327. The lowest BCUT2D eigenvalue weighted by atomic mass is 10.1. The van der Waals surface area contributed by atoms with E-state index in [0.29, 0.717) is 0 Å². The zero-order valence-corrected chi connectivity index (χ0v) is 9.35. The van der Waals surface area contributed by atoms with Crippen molar-refractivity contribution in [2.75, 3.05) is 13.3 Å². The van der Waals surface area contributed by atoms with Gasteiger partial charge in [0.05, 0.1) is 13.3 Å². The van der Waals surface area contributed by atoms with Crippen LogP contribution in [-0.2, 0) is 9.53 Å². The Balaban J connectivity index is 2.17. The summed E-state index contributed by atoms with van der Waals surface area (Å²) in [5, 5.41) is 40.6. The molecule has 0 aromatic heterocycles. The number of ether oxygens (including phenoxy) is 1. The van der Waals surface area contributed by atoms with Crippen LogP contribution in [0.3, 0.4) is 0 Å². The molecule has 2 heterocycles. The van der Waals surface area contributed by atoms with Gasteiger partial charge in [0.15, 0.2) is 11.9 Å². The lowest BCUT2D eigenvalue weighted by molar-refractivity contribution is -0.115. The fraction of sp³-hybridized carbons (Fsp3) is 0.667. The van der Waals surface area contributed by atoms with E-state index in [4.69, 9.17) is 15.6 Å². The highest BCUT2D eigenvalue weighted by Crippen LogP contribution is 2.27. The molecule has 2 rings (SSSR count). The second kappa shape index (κ2) is 4.61. The monoisotopic (exact) mass is 261 g/mol. The van der Waals surface area contributed by atoms with Gasteiger partial charge in [0, 0.05) is 0 Å². The fourth-order valence-electron chi connectivity index (χ4n) is 2.01. The molecule has 0 spiro atoms. The second-order valence-electron chi connectivity index (χ2n) is 4.10. The van der Waals surface area contributed by atoms with Gasteiger partial charge in [-0.1, -0.05) is 0 Å². The van der Waals surface area contributed by atoms with Crippen molar-refractivity contribution in [2.45, 2.75) is 24.5 Å². The number of aliphatic hydroxyl groups excluding tert-OH is 4. The largest absolute Gasteiger partial charge is 0.493 e. The number of primary amides is 1. The van der Waals surface area contributed by atoms with E-state index in [9.17, 15) is 20.1 Å². The van der Waals surface area contributed by atoms with Crippen LogP contribution in [0.25, 0.3) is 0 Å². The van der Waals surface area contributed by atoms with Gasteiger partial charge in [-0.3, -0.25) is 9.69 Å². The molecule has 0 saturated carbocycles. The van der Waals surface area contributed by atoms with Crippen molar-refractivity contribution < 1.29 is 30.0 Å². The molecule has 7 N–H and O–H groups in total. The molecular formula is C9H15N3O6. The molecule has 1 fully saturated rings. The number of nitrogens with two attached hydrogens (primary N) is 1. The summed E-state index contributed by atoms with van der Waals surface area (Å²) >= 11 is 0. The molecule has 102 valence electrons. The lowest BCUT2D eigenvalue weighted by Gasteiger charge is -2.26. The predicted octanol–water partition coefficient (Wildman–Crippen LogP) is -3.50. The van der Waals surface area contributed by atoms with Gasteiger partial charge >= 0.3 is 0 Å². The maximum Gasteiger partial charge on any atom is 0.270 e. The number of rotatable bonds is 3. The SMILES string of the molecule is NC(=O)C1=C(O)N([C@@H]2O[C@H](CO)[C@@H](O)[C@H]2O)CN1. The first kappa shape index (κ1) is 12.9. The van der Waals surface area contributed by atoms with Crippen molar-refractivity contribution in [3.63, 3.8) is 0 Å². The number of hydrogen-bond acceptors (Lipinski definition) is 8. The summed E-state index contributed by atoms with van der Waals surface area (Å²) in [6, 6.07) is 0. The van der Waals surface area contributed by atoms with Crippen LogP contribution < -0.4 is 11.1 Å². The van der Waals surface area contributed by atoms with Crippen LogP contribution in [0.1, 0.15) is 0 Å². The third-order valence-corrected chi connectivity index (χ3v) is 2.99. The lowest BCUT2D eigenvalue weighted by Crippen LogP contribution is -2.43. The van der Waals surface area contributed by atoms with Gasteiger partial charge in [-0.2, -0.15) is 0 Å². The van der Waals surface area contributed by atoms with Crippen molar-refractivity contribution in [1.82, 2.24) is 10.2 Å². The average molecular weight is 261 g/mol. The molecule has 0 aliphatic carbocycles. The van der Waals surface area contributed by atoms with Crippen LogP contribution in [0.4, 0.5) is 0 Å². The Kier molecular flexibility index (Phi) is 3.30. The zero-order chi connectivity index (χ0) is 13.4. The molecule has 0 unspecified atom stereocenters. The van der Waals surface area contributed by atoms with Gasteiger partial charge in [0.1, 0.15) is 18.3 Å². The predicted molar refractivity (Wildman–Crippen MR) is 56.5 cm³/mol. The first-order valence-corrected chi connectivity index (χ1v) is 5.33. The summed E-state index contributed by atoms with van der Waals surface area (Å²) in [5.74, 6) is -1.31. The Morgan fingerprint density at radius 2 is 2.17 bits per heavy atom. The van der Waals surface area contributed by atoms with Crippen molar-refractivity contribution in [3.8, 4) is 0 Å². The number of nitrogens with zero attached hydrogens (tertiary/aromatic N) is 1. The van der Waals surface area contributed by atoms with Crippen molar-refractivity contribution in [1.29, 1.82) is 0 Å². The van der Waals surface area contributed by atoms with Crippen LogP contribution >= 0.6 is 0 Å². The summed E-state index contributed by atoms with van der Waals surface area (Å²) in [6.45, 7) is -0.472. The van der Waals surface area contributed by atoms with Crippen molar-refractivity contribution in [2.24, 2.45) is 5.73 Å². The van der Waals surface area contributed by atoms with Crippen molar-refractivity contribution in [3.05, 3.63) is 11.6 Å². The first-order valence-electron chi connectivity index (χ1n) is 5.33. The Bertz CT molecular complexity index is 386. The van der Waals surface area contributed by atoms with Crippen LogP contribution in [-0.4, -0.2) is 69.0 Å². The topological polar surface area (TPSA) is 149 Å². The quantitative estimate of drug-likeness (QED) is 0.306. The van der Waals surface area contributed by atoms with Crippen LogP contribution in [0, 0.1) is 0 Å². The summed E-state index contributed by atoms with van der Waals surface area (Å²) < 4.78 is 5.21. The second-order valence-corrected chi connectivity index (χ2v) is 4.10. The molecule has 2 aliphatic rings. The molecule has 9 heteroatoms. The van der Waals surface area contributed by atoms with Gasteiger partial charge < -0.3 is 36.2 Å². The maximum absolute atomic E-state index is 11.0. The van der Waals surface area contributed by atoms with E-state index in [1.165, 1.54) is 0 Å². The Hall–Kier alpha value is -1.55. The number of amides is 1. The number of carbonyl (C=O) groups is 1. The van der Waals surface area contributed by atoms with E-state index in [1.807, 2.05) is 0 Å². The smallest absolute Gasteiger partial charge is 0.270 e. The maximum atomic E-state index is 11.0. The molecule has 1 saturated heterocycles. The molecule has 0 aromatic carbocycles. The third-order valence-electron chi connectivity index (χ3n) is 2.99. The summed E-state index contributed by atoms with van der Waals surface area (Å²) in [4.78, 5) is 12.1. The van der Waals surface area contributed by atoms with Crippen molar-refractivity contribution >= 4 is 5.91 Å². The summed E-state index contributed by atoms with van der Waals surface area (Å²) in [7, 11) is 0. The number of nitrogens with one attached hydrogen (secondary N) is 1. The Labute approximate surface area is 102 Å². The van der Waals surface area contributed by atoms with Gasteiger partial charge in [-0.05, 0) is 0 Å². The van der Waals surface area contributed by atoms with E-state index in [-0.39, 0.29) is 12.4 Å². The Morgan fingerprint density at radius 1 is 1.50 bits per heavy atom. The highest BCUT2D eigenvalue weighted by Gasteiger charge is 2.47. The van der Waals surface area contributed by atoms with E-state index in [2.05, 4.69) is 5.32 Å². The Morgan fingerprint density at radius 3 is 2.61 bits per heavy atom. The normalized spacial score (nSPS) is 36.1. The molecule has 2 aliphatic heterocycles. The average Bonchev–Trinajstić information content (AvgIpc) is 2.82. The van der Waals surface area contributed by atoms with E-state index in [0.717, 1.165) is 4.90 Å². The van der Waals surface area contributed by atoms with E-state index < -0.39 is 42.9 Å². The molecule has 0 aromatic rings. The highest BCUT2D eigenvalue weighted by atomic mass is 16.6. The van der Waals surface area contributed by atoms with Gasteiger partial charge in [0.25, 0.3) is 5.91 Å². The number of hydrogen-bond donors (Lipinski definition) is 6. The minimum Gasteiger partial charge on any atom is -0.493 e. The summed E-state index contributed by atoms with van der Waals surface area (Å²) in [6.07, 6.45) is -4.61. The number of aliphatic hydroxyl groups is 4. The molecule has 1 amide bonds. The van der Waals surface area contributed by atoms with Crippen LogP contribution in [0.2, 0.25) is 0 Å². The van der Waals surface area contributed by atoms with Gasteiger partial charge in [-0.25, -0.2) is 0 Å². The molecule has 0 bridgehead atoms. The summed E-state index contributed by atoms with van der Waals surface area (Å²) in [5.41, 5.74) is 4.84. The molecule has 18 heavy (non-hydrogen) atoms. The highest BCUT2D eigenvalue weighted by molar-refractivity contribution is 5.92. The van der Waals surface area contributed by atoms with Gasteiger partial charge in [-0.15, -0.1) is 0 Å².